The monoisotopic (exact) mass is 594 g/mol. The number of halogens is 3. The number of esters is 1. The van der Waals surface area contributed by atoms with Crippen LogP contribution in [0.4, 0.5) is 13.2 Å². The van der Waals surface area contributed by atoms with Crippen molar-refractivity contribution in [3.8, 4) is 5.75 Å². The van der Waals surface area contributed by atoms with Crippen molar-refractivity contribution < 1.29 is 46.6 Å². The maximum atomic E-state index is 14.2. The van der Waals surface area contributed by atoms with Gasteiger partial charge in [0.2, 0.25) is 5.82 Å². The summed E-state index contributed by atoms with van der Waals surface area (Å²) >= 11 is 0. The lowest BCUT2D eigenvalue weighted by Crippen LogP contribution is -2.49. The maximum absolute atomic E-state index is 14.2. The first kappa shape index (κ1) is 32.8. The van der Waals surface area contributed by atoms with Gasteiger partial charge in [0.1, 0.15) is 24.8 Å². The van der Waals surface area contributed by atoms with Gasteiger partial charge >= 0.3 is 17.8 Å². The average molecular weight is 595 g/mol. The molecule has 1 aliphatic heterocycles. The molecule has 1 aromatic carbocycles. The smallest absolute Gasteiger partial charge is 0.311 e. The molecule has 1 heterocycles. The Hall–Kier alpha value is -3.70. The summed E-state index contributed by atoms with van der Waals surface area (Å²) in [7, 11) is 0. The van der Waals surface area contributed by atoms with Gasteiger partial charge in [-0.15, -0.1) is 0 Å². The highest BCUT2D eigenvalue weighted by Crippen LogP contribution is 2.28. The predicted octanol–water partition coefficient (Wildman–Crippen LogP) is 3.74. The van der Waals surface area contributed by atoms with Gasteiger partial charge < -0.3 is 19.7 Å². The van der Waals surface area contributed by atoms with Crippen LogP contribution in [0.2, 0.25) is 0 Å². The number of piperidine rings is 1. The minimum absolute atomic E-state index is 0.0220. The van der Waals surface area contributed by atoms with Crippen molar-refractivity contribution in [3.05, 3.63) is 41.7 Å². The third kappa shape index (κ3) is 8.90. The summed E-state index contributed by atoms with van der Waals surface area (Å²) < 4.78 is 51.7. The zero-order chi connectivity index (χ0) is 30.8. The second kappa shape index (κ2) is 15.5. The van der Waals surface area contributed by atoms with Crippen molar-refractivity contribution in [2.24, 2.45) is 11.8 Å². The van der Waals surface area contributed by atoms with Crippen molar-refractivity contribution in [2.75, 3.05) is 26.3 Å². The molecule has 230 valence electrons. The van der Waals surface area contributed by atoms with Crippen LogP contribution >= 0.6 is 0 Å². The van der Waals surface area contributed by atoms with Gasteiger partial charge in [0, 0.05) is 49.0 Å². The SMILES string of the molecule is C=CCOC(=O)CC(CCC(=O)C1CCN(C(=O)C(=O)NC2CCCC2)CC1)C(=O)COc1c(C)c(F)cc(F)c1F. The van der Waals surface area contributed by atoms with Crippen molar-refractivity contribution >= 4 is 29.4 Å². The normalized spacial score (nSPS) is 16.5. The number of nitrogens with zero attached hydrogens (tertiary/aromatic N) is 1. The average Bonchev–Trinajstić information content (AvgIpc) is 3.49. The van der Waals surface area contributed by atoms with E-state index in [9.17, 15) is 37.1 Å². The first-order chi connectivity index (χ1) is 20.0. The number of ketones is 2. The molecule has 1 saturated carbocycles. The lowest BCUT2D eigenvalue weighted by atomic mass is 9.86. The number of benzene rings is 1. The third-order valence-electron chi connectivity index (χ3n) is 7.81. The zero-order valence-electron chi connectivity index (χ0n) is 23.7. The molecule has 1 aliphatic carbocycles. The number of likely N-dealkylation sites (tertiary alicyclic amines) is 1. The number of ether oxygens (including phenoxy) is 2. The van der Waals surface area contributed by atoms with Crippen LogP contribution in [-0.4, -0.2) is 66.6 Å². The van der Waals surface area contributed by atoms with Gasteiger partial charge in [-0.2, -0.15) is 4.39 Å². The quantitative estimate of drug-likeness (QED) is 0.160. The zero-order valence-corrected chi connectivity index (χ0v) is 23.7. The second-order valence-corrected chi connectivity index (χ2v) is 10.8. The predicted molar refractivity (Wildman–Crippen MR) is 145 cm³/mol. The number of hydrogen-bond acceptors (Lipinski definition) is 7. The fraction of sp³-hybridized carbons (Fsp3) is 0.567. The fourth-order valence-corrected chi connectivity index (χ4v) is 5.27. The Morgan fingerprint density at radius 1 is 1.07 bits per heavy atom. The van der Waals surface area contributed by atoms with Crippen molar-refractivity contribution in [3.63, 3.8) is 0 Å². The summed E-state index contributed by atoms with van der Waals surface area (Å²) in [5.41, 5.74) is -0.320. The Morgan fingerprint density at radius 3 is 2.38 bits per heavy atom. The summed E-state index contributed by atoms with van der Waals surface area (Å²) in [6.07, 6.45) is 5.34. The molecule has 0 bridgehead atoms. The summed E-state index contributed by atoms with van der Waals surface area (Å²) in [4.78, 5) is 64.4. The minimum Gasteiger partial charge on any atom is -0.482 e. The number of nitrogens with one attached hydrogen (secondary N) is 1. The molecule has 1 N–H and O–H groups in total. The van der Waals surface area contributed by atoms with E-state index >= 15 is 0 Å². The van der Waals surface area contributed by atoms with Crippen molar-refractivity contribution in [2.45, 2.75) is 70.8 Å². The van der Waals surface area contributed by atoms with Gasteiger partial charge in [0.05, 0.1) is 6.42 Å². The van der Waals surface area contributed by atoms with E-state index in [2.05, 4.69) is 11.9 Å². The van der Waals surface area contributed by atoms with Crippen molar-refractivity contribution in [1.82, 2.24) is 10.2 Å². The second-order valence-electron chi connectivity index (χ2n) is 10.8. The lowest BCUT2D eigenvalue weighted by molar-refractivity contribution is -0.147. The highest BCUT2D eigenvalue weighted by atomic mass is 19.2. The van der Waals surface area contributed by atoms with E-state index in [-0.39, 0.29) is 56.3 Å². The van der Waals surface area contributed by atoms with Crippen LogP contribution in [0, 0.1) is 36.2 Å². The van der Waals surface area contributed by atoms with Gasteiger partial charge in [-0.25, -0.2) is 8.78 Å². The molecular formula is C30H37F3N2O7. The molecule has 2 aliphatic rings. The Balaban J connectivity index is 1.54. The van der Waals surface area contributed by atoms with Crippen LogP contribution in [0.15, 0.2) is 18.7 Å². The summed E-state index contributed by atoms with van der Waals surface area (Å²) in [5.74, 6) is -8.93. The van der Waals surface area contributed by atoms with Crippen LogP contribution in [0.25, 0.3) is 0 Å². The first-order valence-corrected chi connectivity index (χ1v) is 14.2. The van der Waals surface area contributed by atoms with E-state index in [1.807, 2.05) is 0 Å². The highest BCUT2D eigenvalue weighted by Gasteiger charge is 2.32. The Bertz CT molecular complexity index is 1170. The van der Waals surface area contributed by atoms with E-state index in [0.717, 1.165) is 25.7 Å². The molecule has 9 nitrogen and oxygen atoms in total. The largest absolute Gasteiger partial charge is 0.482 e. The minimum atomic E-state index is -1.47. The molecule has 2 amide bonds. The van der Waals surface area contributed by atoms with E-state index in [1.54, 1.807) is 0 Å². The number of hydrogen-bond donors (Lipinski definition) is 1. The molecule has 2 fully saturated rings. The summed E-state index contributed by atoms with van der Waals surface area (Å²) in [6, 6.07) is 0.392. The summed E-state index contributed by atoms with van der Waals surface area (Å²) in [6.45, 7) is 4.24. The molecule has 1 saturated heterocycles. The lowest BCUT2D eigenvalue weighted by Gasteiger charge is -2.31. The van der Waals surface area contributed by atoms with E-state index < -0.39 is 65.2 Å². The molecule has 1 atom stereocenters. The van der Waals surface area contributed by atoms with Crippen LogP contribution in [-0.2, 0) is 28.7 Å². The van der Waals surface area contributed by atoms with Gasteiger partial charge in [0.15, 0.2) is 17.3 Å². The van der Waals surface area contributed by atoms with Crippen LogP contribution in [0.5, 0.6) is 5.75 Å². The van der Waals surface area contributed by atoms with Crippen molar-refractivity contribution in [1.29, 1.82) is 0 Å². The topological polar surface area (TPSA) is 119 Å². The van der Waals surface area contributed by atoms with Gasteiger partial charge in [-0.1, -0.05) is 25.5 Å². The van der Waals surface area contributed by atoms with Gasteiger partial charge in [-0.05, 0) is 39.0 Å². The molecule has 0 radical (unpaired) electrons. The van der Waals surface area contributed by atoms with Crippen LogP contribution in [0.1, 0.15) is 63.4 Å². The molecule has 3 rings (SSSR count). The first-order valence-electron chi connectivity index (χ1n) is 14.2. The highest BCUT2D eigenvalue weighted by molar-refractivity contribution is 6.35. The fourth-order valence-electron chi connectivity index (χ4n) is 5.27. The molecular weight excluding hydrogens is 557 g/mol. The summed E-state index contributed by atoms with van der Waals surface area (Å²) in [5, 5.41) is 2.77. The van der Waals surface area contributed by atoms with Gasteiger partial charge in [-0.3, -0.25) is 24.0 Å². The molecule has 0 aromatic heterocycles. The van der Waals surface area contributed by atoms with Crippen LogP contribution in [0.3, 0.4) is 0 Å². The maximum Gasteiger partial charge on any atom is 0.311 e. The number of amides is 2. The van der Waals surface area contributed by atoms with E-state index in [1.165, 1.54) is 17.9 Å². The van der Waals surface area contributed by atoms with E-state index in [4.69, 9.17) is 9.47 Å². The molecule has 0 spiro atoms. The Labute approximate surface area is 242 Å². The number of carbonyl (C=O) groups is 5. The standard InChI is InChI=1S/C30H37F3N2O7/c1-3-14-41-26(38)15-20(25(37)17-42-28-18(2)22(31)16-23(32)27(28)33)8-9-24(36)19-10-12-35(13-11-19)30(40)29(39)34-21-6-4-5-7-21/h3,16,19-21H,1,4-15,17H2,2H3,(H,34,39). The van der Waals surface area contributed by atoms with Gasteiger partial charge in [0.25, 0.3) is 0 Å². The Kier molecular flexibility index (Phi) is 12.1. The third-order valence-corrected chi connectivity index (χ3v) is 7.81. The number of rotatable bonds is 13. The molecule has 12 heteroatoms. The molecule has 42 heavy (non-hydrogen) atoms. The Morgan fingerprint density at radius 2 is 1.74 bits per heavy atom. The molecule has 1 aromatic rings. The number of Topliss-reactive ketones (excluding diaryl/α,β-unsaturated/α-hetero) is 2. The van der Waals surface area contributed by atoms with E-state index in [0.29, 0.717) is 18.9 Å². The molecule has 1 unspecified atom stereocenters. The van der Waals surface area contributed by atoms with Crippen LogP contribution < -0.4 is 10.1 Å². The number of carbonyl (C=O) groups excluding carboxylic acids is 5.